The molecule has 102 valence electrons. The van der Waals surface area contributed by atoms with E-state index < -0.39 is 6.04 Å². The van der Waals surface area contributed by atoms with Gasteiger partial charge in [-0.15, -0.1) is 11.3 Å². The first kappa shape index (κ1) is 15.2. The minimum Gasteiger partial charge on any atom is -0.337 e. The van der Waals surface area contributed by atoms with Gasteiger partial charge in [0.2, 0.25) is 5.91 Å². The van der Waals surface area contributed by atoms with Gasteiger partial charge in [0.25, 0.3) is 0 Å². The summed E-state index contributed by atoms with van der Waals surface area (Å²) in [7, 11) is 1.84. The number of hydrogen-bond donors (Lipinski definition) is 1. The average Bonchev–Trinajstić information content (AvgIpc) is 2.80. The highest BCUT2D eigenvalue weighted by Gasteiger charge is 2.26. The number of amides is 1. The lowest BCUT2D eigenvalue weighted by molar-refractivity contribution is -0.134. The zero-order valence-corrected chi connectivity index (χ0v) is 12.8. The Morgan fingerprint density at radius 2 is 2.06 bits per heavy atom. The second-order valence-corrected chi connectivity index (χ2v) is 6.30. The van der Waals surface area contributed by atoms with E-state index in [1.54, 1.807) is 16.2 Å². The first-order chi connectivity index (χ1) is 8.38. The van der Waals surface area contributed by atoms with Gasteiger partial charge in [0.1, 0.15) is 0 Å². The molecule has 0 aliphatic heterocycles. The SMILES string of the molecule is CC[C@H](C)[C@H](N)C(=O)N(C)C(C)c1ccc(C)s1. The van der Waals surface area contributed by atoms with Gasteiger partial charge in [0.05, 0.1) is 12.1 Å². The summed E-state index contributed by atoms with van der Waals surface area (Å²) in [5.41, 5.74) is 6.01. The molecule has 18 heavy (non-hydrogen) atoms. The van der Waals surface area contributed by atoms with E-state index in [1.807, 2.05) is 20.9 Å². The van der Waals surface area contributed by atoms with Gasteiger partial charge in [0, 0.05) is 16.8 Å². The van der Waals surface area contributed by atoms with Crippen LogP contribution in [-0.4, -0.2) is 23.9 Å². The van der Waals surface area contributed by atoms with Crippen LogP contribution < -0.4 is 5.73 Å². The third-order valence-electron chi connectivity index (χ3n) is 3.64. The Morgan fingerprint density at radius 1 is 1.44 bits per heavy atom. The maximum absolute atomic E-state index is 12.3. The van der Waals surface area contributed by atoms with Gasteiger partial charge in [-0.2, -0.15) is 0 Å². The minimum absolute atomic E-state index is 0.0305. The highest BCUT2D eigenvalue weighted by atomic mass is 32.1. The fourth-order valence-corrected chi connectivity index (χ4v) is 2.76. The molecule has 0 bridgehead atoms. The van der Waals surface area contributed by atoms with E-state index in [2.05, 4.69) is 26.0 Å². The number of thiophene rings is 1. The molecule has 0 fully saturated rings. The lowest BCUT2D eigenvalue weighted by Crippen LogP contribution is -2.46. The predicted octanol–water partition coefficient (Wildman–Crippen LogP) is 2.95. The molecule has 0 aromatic carbocycles. The van der Waals surface area contributed by atoms with Gasteiger partial charge in [-0.1, -0.05) is 20.3 Å². The molecule has 0 saturated heterocycles. The van der Waals surface area contributed by atoms with Crippen molar-refractivity contribution in [2.75, 3.05) is 7.05 Å². The topological polar surface area (TPSA) is 46.3 Å². The van der Waals surface area contributed by atoms with Crippen molar-refractivity contribution in [3.63, 3.8) is 0 Å². The highest BCUT2D eigenvalue weighted by Crippen LogP contribution is 2.27. The normalized spacial score (nSPS) is 16.1. The molecular weight excluding hydrogens is 244 g/mol. The number of hydrogen-bond acceptors (Lipinski definition) is 3. The summed E-state index contributed by atoms with van der Waals surface area (Å²) in [6.45, 7) is 8.21. The van der Waals surface area contributed by atoms with Crippen LogP contribution in [0.1, 0.15) is 43.0 Å². The number of likely N-dealkylation sites (N-methyl/N-ethyl adjacent to an activating group) is 1. The number of carbonyl (C=O) groups is 1. The van der Waals surface area contributed by atoms with Crippen LogP contribution >= 0.6 is 11.3 Å². The van der Waals surface area contributed by atoms with Crippen molar-refractivity contribution in [3.8, 4) is 0 Å². The summed E-state index contributed by atoms with van der Waals surface area (Å²) in [6, 6.07) is 3.86. The minimum atomic E-state index is -0.400. The Bertz CT molecular complexity index is 402. The number of rotatable bonds is 5. The molecule has 1 amide bonds. The molecular formula is C14H24N2OS. The zero-order valence-electron chi connectivity index (χ0n) is 11.9. The summed E-state index contributed by atoms with van der Waals surface area (Å²) in [5.74, 6) is 0.250. The molecule has 3 nitrogen and oxygen atoms in total. The molecule has 3 atom stereocenters. The number of carbonyl (C=O) groups excluding carboxylic acids is 1. The largest absolute Gasteiger partial charge is 0.337 e. The molecule has 1 unspecified atom stereocenters. The highest BCUT2D eigenvalue weighted by molar-refractivity contribution is 7.12. The van der Waals surface area contributed by atoms with Gasteiger partial charge < -0.3 is 10.6 Å². The fraction of sp³-hybridized carbons (Fsp3) is 0.643. The van der Waals surface area contributed by atoms with E-state index in [0.29, 0.717) is 0 Å². The van der Waals surface area contributed by atoms with E-state index in [1.165, 1.54) is 9.75 Å². The van der Waals surface area contributed by atoms with Crippen LogP contribution in [-0.2, 0) is 4.79 Å². The molecule has 0 spiro atoms. The molecule has 1 aromatic heterocycles. The Labute approximate surface area is 114 Å². The third kappa shape index (κ3) is 3.33. The molecule has 0 saturated carbocycles. The molecule has 1 aromatic rings. The van der Waals surface area contributed by atoms with E-state index >= 15 is 0 Å². The zero-order chi connectivity index (χ0) is 13.9. The van der Waals surface area contributed by atoms with Crippen molar-refractivity contribution >= 4 is 17.2 Å². The van der Waals surface area contributed by atoms with Crippen molar-refractivity contribution in [2.24, 2.45) is 11.7 Å². The van der Waals surface area contributed by atoms with E-state index in [4.69, 9.17) is 5.73 Å². The lowest BCUT2D eigenvalue weighted by atomic mass is 9.98. The van der Waals surface area contributed by atoms with E-state index in [-0.39, 0.29) is 17.9 Å². The van der Waals surface area contributed by atoms with Gasteiger partial charge in [0.15, 0.2) is 0 Å². The van der Waals surface area contributed by atoms with Crippen molar-refractivity contribution in [1.82, 2.24) is 4.90 Å². The molecule has 1 heterocycles. The van der Waals surface area contributed by atoms with Crippen molar-refractivity contribution < 1.29 is 4.79 Å². The molecule has 0 aliphatic carbocycles. The Hall–Kier alpha value is -0.870. The van der Waals surface area contributed by atoms with Crippen LogP contribution in [0.5, 0.6) is 0 Å². The fourth-order valence-electron chi connectivity index (χ4n) is 1.79. The summed E-state index contributed by atoms with van der Waals surface area (Å²) < 4.78 is 0. The Kier molecular flexibility index (Phi) is 5.35. The molecule has 4 heteroatoms. The van der Waals surface area contributed by atoms with E-state index in [0.717, 1.165) is 6.42 Å². The average molecular weight is 268 g/mol. The van der Waals surface area contributed by atoms with E-state index in [9.17, 15) is 4.79 Å². The quantitative estimate of drug-likeness (QED) is 0.892. The first-order valence-electron chi connectivity index (χ1n) is 6.47. The number of nitrogens with two attached hydrogens (primary N) is 1. The second-order valence-electron chi connectivity index (χ2n) is 4.98. The van der Waals surface area contributed by atoms with Crippen LogP contribution in [0.25, 0.3) is 0 Å². The summed E-state index contributed by atoms with van der Waals surface area (Å²) in [6.07, 6.45) is 0.924. The lowest BCUT2D eigenvalue weighted by Gasteiger charge is -2.29. The van der Waals surface area contributed by atoms with Gasteiger partial charge in [-0.05, 0) is 31.9 Å². The van der Waals surface area contributed by atoms with Crippen molar-refractivity contribution in [1.29, 1.82) is 0 Å². The molecule has 0 aliphatic rings. The van der Waals surface area contributed by atoms with Crippen LogP contribution in [0.2, 0.25) is 0 Å². The Balaban J connectivity index is 2.74. The summed E-state index contributed by atoms with van der Waals surface area (Å²) >= 11 is 1.73. The van der Waals surface area contributed by atoms with Gasteiger partial charge in [-0.25, -0.2) is 0 Å². The number of aryl methyl sites for hydroxylation is 1. The standard InChI is InChI=1S/C14H24N2OS/c1-6-9(2)13(15)14(17)16(5)11(4)12-8-7-10(3)18-12/h7-9,11,13H,6,15H2,1-5H3/t9-,11?,13-/m0/s1. The Morgan fingerprint density at radius 3 is 2.50 bits per heavy atom. The van der Waals surface area contributed by atoms with Crippen LogP contribution in [0.3, 0.4) is 0 Å². The van der Waals surface area contributed by atoms with Crippen LogP contribution in [0.4, 0.5) is 0 Å². The smallest absolute Gasteiger partial charge is 0.240 e. The first-order valence-corrected chi connectivity index (χ1v) is 7.28. The summed E-state index contributed by atoms with van der Waals surface area (Å²) in [5, 5.41) is 0. The van der Waals surface area contributed by atoms with Crippen LogP contribution in [0.15, 0.2) is 12.1 Å². The van der Waals surface area contributed by atoms with Crippen molar-refractivity contribution in [2.45, 2.75) is 46.2 Å². The molecule has 0 radical (unpaired) electrons. The van der Waals surface area contributed by atoms with Crippen LogP contribution in [0, 0.1) is 12.8 Å². The maximum Gasteiger partial charge on any atom is 0.240 e. The number of nitrogens with zero attached hydrogens (tertiary/aromatic N) is 1. The third-order valence-corrected chi connectivity index (χ3v) is 4.81. The van der Waals surface area contributed by atoms with Gasteiger partial charge >= 0.3 is 0 Å². The summed E-state index contributed by atoms with van der Waals surface area (Å²) in [4.78, 5) is 16.5. The van der Waals surface area contributed by atoms with Gasteiger partial charge in [-0.3, -0.25) is 4.79 Å². The maximum atomic E-state index is 12.3. The second kappa shape index (κ2) is 6.34. The monoisotopic (exact) mass is 268 g/mol. The predicted molar refractivity (Wildman–Crippen MR) is 77.7 cm³/mol. The molecule has 1 rings (SSSR count). The molecule has 2 N–H and O–H groups in total. The van der Waals surface area contributed by atoms with Crippen molar-refractivity contribution in [3.05, 3.63) is 21.9 Å².